The van der Waals surface area contributed by atoms with Gasteiger partial charge in [-0.25, -0.2) is 0 Å². The SMILES string of the molecule is CCC1NC2(CC2)C(=O)N1CC1CCCCO1. The third-order valence-electron chi connectivity index (χ3n) is 4.30. The van der Waals surface area contributed by atoms with Gasteiger partial charge in [-0.05, 0) is 38.5 Å². The Bertz CT molecular complexity index is 309. The van der Waals surface area contributed by atoms with Gasteiger partial charge in [0.05, 0.1) is 17.8 Å². The number of carbonyl (C=O) groups excluding carboxylic acids is 1. The summed E-state index contributed by atoms with van der Waals surface area (Å²) in [5.74, 6) is 0.318. The number of amides is 1. The van der Waals surface area contributed by atoms with Crippen LogP contribution >= 0.6 is 0 Å². The van der Waals surface area contributed by atoms with Crippen LogP contribution in [0.15, 0.2) is 0 Å². The lowest BCUT2D eigenvalue weighted by molar-refractivity contribution is -0.133. The molecule has 2 atom stereocenters. The summed E-state index contributed by atoms with van der Waals surface area (Å²) in [6.07, 6.45) is 7.03. The molecule has 0 aromatic rings. The maximum atomic E-state index is 12.3. The monoisotopic (exact) mass is 238 g/mol. The molecule has 0 aromatic heterocycles. The van der Waals surface area contributed by atoms with E-state index >= 15 is 0 Å². The molecule has 3 fully saturated rings. The van der Waals surface area contributed by atoms with Gasteiger partial charge in [-0.2, -0.15) is 0 Å². The van der Waals surface area contributed by atoms with E-state index in [4.69, 9.17) is 4.74 Å². The predicted octanol–water partition coefficient (Wildman–Crippen LogP) is 1.26. The Kier molecular flexibility index (Phi) is 2.87. The van der Waals surface area contributed by atoms with E-state index in [-0.39, 0.29) is 17.8 Å². The van der Waals surface area contributed by atoms with Crippen molar-refractivity contribution in [3.05, 3.63) is 0 Å². The van der Waals surface area contributed by atoms with Crippen LogP contribution in [0.2, 0.25) is 0 Å². The van der Waals surface area contributed by atoms with E-state index < -0.39 is 0 Å². The summed E-state index contributed by atoms with van der Waals surface area (Å²) in [7, 11) is 0. The Morgan fingerprint density at radius 1 is 1.47 bits per heavy atom. The summed E-state index contributed by atoms with van der Waals surface area (Å²) >= 11 is 0. The second-order valence-electron chi connectivity index (χ2n) is 5.60. The average molecular weight is 238 g/mol. The van der Waals surface area contributed by atoms with Crippen LogP contribution in [-0.4, -0.2) is 41.8 Å². The topological polar surface area (TPSA) is 41.6 Å². The molecule has 1 saturated carbocycles. The van der Waals surface area contributed by atoms with E-state index in [0.29, 0.717) is 5.91 Å². The molecule has 4 heteroatoms. The fourth-order valence-electron chi connectivity index (χ4n) is 3.06. The van der Waals surface area contributed by atoms with Crippen LogP contribution in [0.1, 0.15) is 45.4 Å². The first-order valence-electron chi connectivity index (χ1n) is 6.95. The minimum absolute atomic E-state index is 0.171. The lowest BCUT2D eigenvalue weighted by Gasteiger charge is -2.30. The van der Waals surface area contributed by atoms with E-state index in [1.54, 1.807) is 0 Å². The first-order valence-corrected chi connectivity index (χ1v) is 6.95. The fourth-order valence-corrected chi connectivity index (χ4v) is 3.06. The third-order valence-corrected chi connectivity index (χ3v) is 4.30. The van der Waals surface area contributed by atoms with Gasteiger partial charge >= 0.3 is 0 Å². The van der Waals surface area contributed by atoms with Crippen molar-refractivity contribution < 1.29 is 9.53 Å². The number of hydrogen-bond donors (Lipinski definition) is 1. The van der Waals surface area contributed by atoms with E-state index in [9.17, 15) is 4.79 Å². The van der Waals surface area contributed by atoms with Crippen molar-refractivity contribution in [1.82, 2.24) is 10.2 Å². The minimum Gasteiger partial charge on any atom is -0.376 e. The molecule has 3 rings (SSSR count). The Hall–Kier alpha value is -0.610. The van der Waals surface area contributed by atoms with Crippen molar-refractivity contribution >= 4 is 5.91 Å². The van der Waals surface area contributed by atoms with Gasteiger partial charge in [0.25, 0.3) is 0 Å². The molecule has 2 heterocycles. The quantitative estimate of drug-likeness (QED) is 0.804. The highest BCUT2D eigenvalue weighted by Crippen LogP contribution is 2.42. The smallest absolute Gasteiger partial charge is 0.244 e. The molecule has 2 aliphatic heterocycles. The third kappa shape index (κ3) is 1.97. The number of nitrogens with zero attached hydrogens (tertiary/aromatic N) is 1. The molecule has 1 amide bonds. The van der Waals surface area contributed by atoms with Gasteiger partial charge in [-0.15, -0.1) is 0 Å². The van der Waals surface area contributed by atoms with E-state index in [1.807, 2.05) is 4.90 Å². The number of nitrogens with one attached hydrogen (secondary N) is 1. The molecule has 0 bridgehead atoms. The normalized spacial score (nSPS) is 35.6. The summed E-state index contributed by atoms with van der Waals surface area (Å²) in [6.45, 7) is 3.79. The zero-order valence-electron chi connectivity index (χ0n) is 10.6. The van der Waals surface area contributed by atoms with Crippen molar-refractivity contribution in [3.63, 3.8) is 0 Å². The molecule has 2 saturated heterocycles. The lowest BCUT2D eigenvalue weighted by atomic mass is 10.1. The van der Waals surface area contributed by atoms with Gasteiger partial charge in [0.1, 0.15) is 0 Å². The van der Waals surface area contributed by atoms with Crippen molar-refractivity contribution in [1.29, 1.82) is 0 Å². The van der Waals surface area contributed by atoms with E-state index in [0.717, 1.165) is 38.8 Å². The Morgan fingerprint density at radius 3 is 2.88 bits per heavy atom. The number of rotatable bonds is 3. The van der Waals surface area contributed by atoms with Gasteiger partial charge < -0.3 is 9.64 Å². The summed E-state index contributed by atoms with van der Waals surface area (Å²) in [6, 6.07) is 0. The Morgan fingerprint density at radius 2 is 2.29 bits per heavy atom. The first-order chi connectivity index (χ1) is 8.25. The molecule has 0 aromatic carbocycles. The molecule has 96 valence electrons. The van der Waals surface area contributed by atoms with Crippen LogP contribution in [0, 0.1) is 0 Å². The van der Waals surface area contributed by atoms with Crippen LogP contribution in [-0.2, 0) is 9.53 Å². The molecule has 0 radical (unpaired) electrons. The van der Waals surface area contributed by atoms with Crippen molar-refractivity contribution in [2.75, 3.05) is 13.2 Å². The van der Waals surface area contributed by atoms with E-state index in [1.165, 1.54) is 12.8 Å². The highest BCUT2D eigenvalue weighted by molar-refractivity contribution is 5.91. The molecule has 3 aliphatic rings. The van der Waals surface area contributed by atoms with Gasteiger partial charge in [-0.1, -0.05) is 6.92 Å². The number of ether oxygens (including phenoxy) is 1. The predicted molar refractivity (Wildman–Crippen MR) is 64.5 cm³/mol. The van der Waals surface area contributed by atoms with Crippen LogP contribution in [0.5, 0.6) is 0 Å². The molecule has 1 N–H and O–H groups in total. The largest absolute Gasteiger partial charge is 0.376 e. The van der Waals surface area contributed by atoms with Gasteiger partial charge in [0, 0.05) is 13.2 Å². The van der Waals surface area contributed by atoms with Crippen LogP contribution in [0.4, 0.5) is 0 Å². The highest BCUT2D eigenvalue weighted by Gasteiger charge is 2.58. The summed E-state index contributed by atoms with van der Waals surface area (Å²) in [4.78, 5) is 14.4. The van der Waals surface area contributed by atoms with Gasteiger partial charge in [0.2, 0.25) is 5.91 Å². The average Bonchev–Trinajstić information content (AvgIpc) is 3.10. The van der Waals surface area contributed by atoms with Crippen molar-refractivity contribution in [2.24, 2.45) is 0 Å². The summed E-state index contributed by atoms with van der Waals surface area (Å²) < 4.78 is 5.75. The highest BCUT2D eigenvalue weighted by atomic mass is 16.5. The minimum atomic E-state index is -0.171. The second-order valence-corrected chi connectivity index (χ2v) is 5.60. The van der Waals surface area contributed by atoms with Crippen molar-refractivity contribution in [2.45, 2.75) is 63.3 Å². The zero-order chi connectivity index (χ0) is 11.9. The Labute approximate surface area is 103 Å². The maximum Gasteiger partial charge on any atom is 0.244 e. The molecule has 17 heavy (non-hydrogen) atoms. The second kappa shape index (κ2) is 4.25. The molecular weight excluding hydrogens is 216 g/mol. The molecule has 1 aliphatic carbocycles. The van der Waals surface area contributed by atoms with Gasteiger partial charge in [-0.3, -0.25) is 10.1 Å². The zero-order valence-corrected chi connectivity index (χ0v) is 10.6. The van der Waals surface area contributed by atoms with Crippen molar-refractivity contribution in [3.8, 4) is 0 Å². The lowest BCUT2D eigenvalue weighted by Crippen LogP contribution is -2.43. The maximum absolute atomic E-state index is 12.3. The number of carbonyl (C=O) groups is 1. The molecular formula is C13H22N2O2. The fraction of sp³-hybridized carbons (Fsp3) is 0.923. The number of hydrogen-bond acceptors (Lipinski definition) is 3. The summed E-state index contributed by atoms with van der Waals surface area (Å²) in [5, 5.41) is 3.50. The summed E-state index contributed by atoms with van der Waals surface area (Å²) in [5.41, 5.74) is -0.171. The molecule has 1 spiro atoms. The first kappa shape index (κ1) is 11.5. The molecule has 4 nitrogen and oxygen atoms in total. The van der Waals surface area contributed by atoms with Crippen LogP contribution in [0.25, 0.3) is 0 Å². The van der Waals surface area contributed by atoms with Crippen LogP contribution in [0.3, 0.4) is 0 Å². The van der Waals surface area contributed by atoms with Gasteiger partial charge in [0.15, 0.2) is 0 Å². The standard InChI is InChI=1S/C13H22N2O2/c1-2-11-14-13(6-7-13)12(16)15(11)9-10-5-3-4-8-17-10/h10-11,14H,2-9H2,1H3. The van der Waals surface area contributed by atoms with E-state index in [2.05, 4.69) is 12.2 Å². The van der Waals surface area contributed by atoms with Crippen LogP contribution < -0.4 is 5.32 Å². The molecule has 2 unspecified atom stereocenters. The Balaban J connectivity index is 1.65.